The molecule has 2 aliphatic rings. The van der Waals surface area contributed by atoms with E-state index in [1.807, 2.05) is 0 Å². The van der Waals surface area contributed by atoms with Gasteiger partial charge < -0.3 is 0 Å². The van der Waals surface area contributed by atoms with Gasteiger partial charge >= 0.3 is 0 Å². The van der Waals surface area contributed by atoms with Crippen molar-refractivity contribution in [2.75, 3.05) is 0 Å². The highest BCUT2D eigenvalue weighted by Gasteiger charge is 2.45. The zero-order chi connectivity index (χ0) is 17.2. The Hall–Kier alpha value is -1.44. The molecular weight excluding hydrogens is 268 g/mol. The fourth-order valence-corrected chi connectivity index (χ4v) is 3.62. The fraction of sp³-hybridized carbons (Fsp3) is 0.600. The van der Waals surface area contributed by atoms with Crippen molar-refractivity contribution in [3.63, 3.8) is 0 Å². The molecule has 22 heavy (non-hydrogen) atoms. The SMILES string of the molecule is C=C1C(C(C)(C)C)=C2C(C)=C(C)C(C)=C(C)N2N1C(C)(C)C. The summed E-state index contributed by atoms with van der Waals surface area (Å²) < 4.78 is 0. The van der Waals surface area contributed by atoms with Gasteiger partial charge in [-0.05, 0) is 70.6 Å². The van der Waals surface area contributed by atoms with Gasteiger partial charge in [0.25, 0.3) is 0 Å². The Labute approximate surface area is 136 Å². The summed E-state index contributed by atoms with van der Waals surface area (Å²) >= 11 is 0. The summed E-state index contributed by atoms with van der Waals surface area (Å²) in [5, 5.41) is 4.78. The molecule has 0 unspecified atom stereocenters. The summed E-state index contributed by atoms with van der Waals surface area (Å²) in [5.74, 6) is 0. The Morgan fingerprint density at radius 2 is 1.27 bits per heavy atom. The van der Waals surface area contributed by atoms with Gasteiger partial charge in [-0.2, -0.15) is 0 Å². The second-order valence-corrected chi connectivity index (χ2v) is 8.68. The zero-order valence-electron chi connectivity index (χ0n) is 16.1. The third kappa shape index (κ3) is 2.24. The Bertz CT molecular complexity index is 628. The molecule has 2 nitrogen and oxygen atoms in total. The van der Waals surface area contributed by atoms with Crippen molar-refractivity contribution in [1.82, 2.24) is 10.0 Å². The van der Waals surface area contributed by atoms with Gasteiger partial charge in [0.1, 0.15) is 0 Å². The highest BCUT2D eigenvalue weighted by molar-refractivity contribution is 5.58. The van der Waals surface area contributed by atoms with Crippen LogP contribution in [0, 0.1) is 5.41 Å². The molecular formula is C20H32N2. The smallest absolute Gasteiger partial charge is 0.0719 e. The molecule has 0 bridgehead atoms. The fourth-order valence-electron chi connectivity index (χ4n) is 3.62. The topological polar surface area (TPSA) is 6.48 Å². The summed E-state index contributed by atoms with van der Waals surface area (Å²) in [4.78, 5) is 0. The average Bonchev–Trinajstić information content (AvgIpc) is 2.66. The first-order valence-corrected chi connectivity index (χ1v) is 8.20. The molecule has 0 saturated heterocycles. The molecule has 0 N–H and O–H groups in total. The highest BCUT2D eigenvalue weighted by atomic mass is 15.7. The van der Waals surface area contributed by atoms with E-state index < -0.39 is 0 Å². The first kappa shape index (κ1) is 16.9. The van der Waals surface area contributed by atoms with Crippen LogP contribution in [0.5, 0.6) is 0 Å². The third-order valence-corrected chi connectivity index (χ3v) is 4.92. The van der Waals surface area contributed by atoms with Gasteiger partial charge in [-0.1, -0.05) is 27.4 Å². The van der Waals surface area contributed by atoms with Crippen LogP contribution < -0.4 is 0 Å². The Morgan fingerprint density at radius 3 is 1.68 bits per heavy atom. The van der Waals surface area contributed by atoms with Crippen LogP contribution in [-0.2, 0) is 0 Å². The second-order valence-electron chi connectivity index (χ2n) is 8.68. The van der Waals surface area contributed by atoms with Gasteiger partial charge in [-0.3, -0.25) is 10.0 Å². The van der Waals surface area contributed by atoms with Crippen LogP contribution in [0.3, 0.4) is 0 Å². The zero-order valence-corrected chi connectivity index (χ0v) is 16.1. The number of nitrogens with zero attached hydrogens (tertiary/aromatic N) is 2. The lowest BCUT2D eigenvalue weighted by Crippen LogP contribution is -2.48. The molecule has 2 rings (SSSR count). The highest BCUT2D eigenvalue weighted by Crippen LogP contribution is 2.51. The van der Waals surface area contributed by atoms with Crippen molar-refractivity contribution in [2.24, 2.45) is 5.41 Å². The number of hydrogen-bond acceptors (Lipinski definition) is 2. The normalized spacial score (nSPS) is 20.5. The molecule has 0 atom stereocenters. The van der Waals surface area contributed by atoms with Crippen molar-refractivity contribution >= 4 is 0 Å². The minimum Gasteiger partial charge on any atom is -0.276 e. The predicted octanol–water partition coefficient (Wildman–Crippen LogP) is 5.78. The summed E-state index contributed by atoms with van der Waals surface area (Å²) in [6.07, 6.45) is 0. The van der Waals surface area contributed by atoms with Crippen LogP contribution in [0.2, 0.25) is 0 Å². The number of hydrogen-bond donors (Lipinski definition) is 0. The first-order chi connectivity index (χ1) is 9.80. The summed E-state index contributed by atoms with van der Waals surface area (Å²) in [7, 11) is 0. The molecule has 0 aliphatic carbocycles. The lowest BCUT2D eigenvalue weighted by atomic mass is 9.81. The van der Waals surface area contributed by atoms with Gasteiger partial charge in [0.05, 0.1) is 16.9 Å². The van der Waals surface area contributed by atoms with Gasteiger partial charge in [-0.25, -0.2) is 0 Å². The minimum absolute atomic E-state index is 0.0115. The lowest BCUT2D eigenvalue weighted by molar-refractivity contribution is 0.0150. The van der Waals surface area contributed by atoms with E-state index >= 15 is 0 Å². The van der Waals surface area contributed by atoms with E-state index in [1.54, 1.807) is 0 Å². The molecule has 0 radical (unpaired) electrons. The van der Waals surface area contributed by atoms with Crippen molar-refractivity contribution in [3.8, 4) is 0 Å². The van der Waals surface area contributed by atoms with Gasteiger partial charge in [0, 0.05) is 11.3 Å². The van der Waals surface area contributed by atoms with E-state index in [4.69, 9.17) is 0 Å². The maximum absolute atomic E-state index is 4.47. The Kier molecular flexibility index (Phi) is 3.67. The molecule has 0 aromatic carbocycles. The maximum Gasteiger partial charge on any atom is 0.0719 e. The maximum atomic E-state index is 4.47. The van der Waals surface area contributed by atoms with Crippen molar-refractivity contribution in [2.45, 2.75) is 74.8 Å². The van der Waals surface area contributed by atoms with E-state index in [9.17, 15) is 0 Å². The molecule has 0 aromatic heterocycles. The molecule has 2 aliphatic heterocycles. The van der Waals surface area contributed by atoms with Crippen molar-refractivity contribution in [3.05, 3.63) is 46.0 Å². The summed E-state index contributed by atoms with van der Waals surface area (Å²) in [6, 6.07) is 0. The van der Waals surface area contributed by atoms with Gasteiger partial charge in [-0.15, -0.1) is 0 Å². The van der Waals surface area contributed by atoms with Crippen LogP contribution in [0.25, 0.3) is 0 Å². The van der Waals surface area contributed by atoms with Crippen LogP contribution in [-0.4, -0.2) is 15.6 Å². The molecule has 0 spiro atoms. The molecule has 0 amide bonds. The van der Waals surface area contributed by atoms with E-state index in [0.29, 0.717) is 0 Å². The number of fused-ring (bicyclic) bond motifs is 1. The van der Waals surface area contributed by atoms with Crippen LogP contribution >= 0.6 is 0 Å². The lowest BCUT2D eigenvalue weighted by Gasteiger charge is -2.46. The predicted molar refractivity (Wildman–Crippen MR) is 95.8 cm³/mol. The van der Waals surface area contributed by atoms with Gasteiger partial charge in [0.2, 0.25) is 0 Å². The van der Waals surface area contributed by atoms with E-state index in [0.717, 1.165) is 5.70 Å². The van der Waals surface area contributed by atoms with Gasteiger partial charge in [0.15, 0.2) is 0 Å². The van der Waals surface area contributed by atoms with Crippen LogP contribution in [0.1, 0.15) is 69.2 Å². The van der Waals surface area contributed by atoms with Crippen molar-refractivity contribution in [1.29, 1.82) is 0 Å². The number of hydrazine groups is 1. The Morgan fingerprint density at radius 1 is 0.773 bits per heavy atom. The molecule has 0 saturated carbocycles. The van der Waals surface area contributed by atoms with E-state index in [2.05, 4.69) is 85.8 Å². The molecule has 122 valence electrons. The monoisotopic (exact) mass is 300 g/mol. The number of allylic oxidation sites excluding steroid dienone is 5. The molecule has 2 heteroatoms. The first-order valence-electron chi connectivity index (χ1n) is 8.20. The number of rotatable bonds is 0. The quantitative estimate of drug-likeness (QED) is 0.560. The molecule has 0 aromatic rings. The average molecular weight is 300 g/mol. The van der Waals surface area contributed by atoms with E-state index in [1.165, 1.54) is 33.7 Å². The summed E-state index contributed by atoms with van der Waals surface area (Å²) in [5.41, 5.74) is 9.36. The molecule has 0 fully saturated rings. The van der Waals surface area contributed by atoms with E-state index in [-0.39, 0.29) is 11.0 Å². The van der Waals surface area contributed by atoms with Crippen LogP contribution in [0.4, 0.5) is 0 Å². The third-order valence-electron chi connectivity index (χ3n) is 4.92. The van der Waals surface area contributed by atoms with Crippen molar-refractivity contribution < 1.29 is 0 Å². The Balaban J connectivity index is 2.83. The molecule has 2 heterocycles. The standard InChI is InChI=1S/C20H32N2/c1-12-13(2)15(4)21-18(14(12)3)17(19(6,7)8)16(5)22(21)20(9,10)11/h5H2,1-4,6-11H3. The largest absolute Gasteiger partial charge is 0.276 e. The minimum atomic E-state index is -0.0115. The second kappa shape index (κ2) is 4.78. The van der Waals surface area contributed by atoms with Crippen LogP contribution in [0.15, 0.2) is 46.0 Å². The summed E-state index contributed by atoms with van der Waals surface area (Å²) in [6.45, 7) is 27.0.